The molecule has 2 nitrogen and oxygen atoms in total. The van der Waals surface area contributed by atoms with E-state index in [0.29, 0.717) is 10.8 Å². The summed E-state index contributed by atoms with van der Waals surface area (Å²) in [5, 5.41) is 10.1. The maximum atomic E-state index is 13.2. The number of rotatable bonds is 1. The van der Waals surface area contributed by atoms with Gasteiger partial charge in [0.1, 0.15) is 0 Å². The number of alkyl halides is 3. The Hall–Kier alpha value is -2.56. The lowest BCUT2D eigenvalue weighted by Crippen LogP contribution is -2.07. The topological polar surface area (TPSA) is 37.3 Å². The molecule has 0 radical (unpaired) electrons. The minimum Gasteiger partial charge on any atom is -0.478 e. The lowest BCUT2D eigenvalue weighted by Gasteiger charge is -2.14. The maximum Gasteiger partial charge on any atom is 0.417 e. The van der Waals surface area contributed by atoms with E-state index in [1.165, 1.54) is 30.3 Å². The maximum absolute atomic E-state index is 13.2. The van der Waals surface area contributed by atoms with E-state index in [1.807, 2.05) is 0 Å². The van der Waals surface area contributed by atoms with Crippen LogP contribution in [0.3, 0.4) is 0 Å². The molecule has 0 fully saturated rings. The minimum atomic E-state index is -4.49. The second kappa shape index (κ2) is 4.48. The monoisotopic (exact) mass is 290 g/mol. The third-order valence-electron chi connectivity index (χ3n) is 3.42. The number of hydrogen-bond donors (Lipinski definition) is 1. The number of benzene rings is 3. The Morgan fingerprint density at radius 3 is 2.24 bits per heavy atom. The Morgan fingerprint density at radius 2 is 1.62 bits per heavy atom. The van der Waals surface area contributed by atoms with Gasteiger partial charge in [-0.05, 0) is 28.3 Å². The summed E-state index contributed by atoms with van der Waals surface area (Å²) in [5.41, 5.74) is -0.759. The molecule has 3 rings (SSSR count). The van der Waals surface area contributed by atoms with Crippen LogP contribution in [-0.2, 0) is 6.18 Å². The second-order valence-electron chi connectivity index (χ2n) is 4.68. The normalized spacial score (nSPS) is 12.0. The van der Waals surface area contributed by atoms with Crippen molar-refractivity contribution in [1.29, 1.82) is 0 Å². The first kappa shape index (κ1) is 13.4. The van der Waals surface area contributed by atoms with Gasteiger partial charge in [0.2, 0.25) is 0 Å². The summed E-state index contributed by atoms with van der Waals surface area (Å²) >= 11 is 0. The van der Waals surface area contributed by atoms with Crippen LogP contribution in [0, 0.1) is 0 Å². The van der Waals surface area contributed by atoms with Gasteiger partial charge in [-0.1, -0.05) is 36.4 Å². The third-order valence-corrected chi connectivity index (χ3v) is 3.42. The van der Waals surface area contributed by atoms with E-state index in [9.17, 15) is 23.1 Å². The number of carbonyl (C=O) groups is 1. The number of aromatic carboxylic acids is 1. The standard InChI is InChI=1S/C16H9F3O2/c17-16(18,19)13-7-3-4-9-8-12(15(20)21)10-5-1-2-6-11(10)14(9)13/h1-8H,(H,20,21). The van der Waals surface area contributed by atoms with Gasteiger partial charge in [0.25, 0.3) is 0 Å². The molecule has 0 saturated carbocycles. The average molecular weight is 290 g/mol. The van der Waals surface area contributed by atoms with Crippen molar-refractivity contribution in [3.05, 3.63) is 59.7 Å². The largest absolute Gasteiger partial charge is 0.478 e. The van der Waals surface area contributed by atoms with Gasteiger partial charge in [0, 0.05) is 5.39 Å². The Labute approximate surface area is 117 Å². The van der Waals surface area contributed by atoms with Gasteiger partial charge < -0.3 is 5.11 Å². The Balaban J connectivity index is 2.58. The first-order valence-electron chi connectivity index (χ1n) is 6.14. The molecule has 0 unspecified atom stereocenters. The van der Waals surface area contributed by atoms with Crippen LogP contribution in [-0.4, -0.2) is 11.1 Å². The van der Waals surface area contributed by atoms with Gasteiger partial charge >= 0.3 is 12.1 Å². The molecule has 0 atom stereocenters. The van der Waals surface area contributed by atoms with Crippen LogP contribution in [0.25, 0.3) is 21.5 Å². The molecule has 0 spiro atoms. The molecule has 0 aliphatic rings. The Kier molecular flexibility index (Phi) is 2.86. The van der Waals surface area contributed by atoms with E-state index in [0.717, 1.165) is 6.07 Å². The van der Waals surface area contributed by atoms with Crippen molar-refractivity contribution in [1.82, 2.24) is 0 Å². The average Bonchev–Trinajstić information content (AvgIpc) is 2.44. The molecule has 3 aromatic rings. The molecule has 0 bridgehead atoms. The molecule has 0 aliphatic carbocycles. The number of carboxylic acids is 1. The van der Waals surface area contributed by atoms with Crippen LogP contribution in [0.15, 0.2) is 48.5 Å². The molecule has 1 N–H and O–H groups in total. The molecular weight excluding hydrogens is 281 g/mol. The number of halogens is 3. The summed E-state index contributed by atoms with van der Waals surface area (Å²) in [5.74, 6) is -1.16. The van der Waals surface area contributed by atoms with Gasteiger partial charge in [0.05, 0.1) is 11.1 Å². The SMILES string of the molecule is O=C(O)c1cc2cccc(C(F)(F)F)c2c2ccccc12. The molecule has 0 aliphatic heterocycles. The van der Waals surface area contributed by atoms with Crippen molar-refractivity contribution in [3.63, 3.8) is 0 Å². The second-order valence-corrected chi connectivity index (χ2v) is 4.68. The van der Waals surface area contributed by atoms with E-state index >= 15 is 0 Å². The van der Waals surface area contributed by atoms with Gasteiger partial charge in [-0.15, -0.1) is 0 Å². The molecule has 0 heterocycles. The minimum absolute atomic E-state index is 0.00238. The zero-order valence-corrected chi connectivity index (χ0v) is 10.6. The molecule has 0 saturated heterocycles. The van der Waals surface area contributed by atoms with E-state index < -0.39 is 17.7 Å². The summed E-state index contributed by atoms with van der Waals surface area (Å²) in [7, 11) is 0. The fraction of sp³-hybridized carbons (Fsp3) is 0.0625. The van der Waals surface area contributed by atoms with Gasteiger partial charge in [-0.3, -0.25) is 0 Å². The zero-order chi connectivity index (χ0) is 15.2. The molecule has 0 aromatic heterocycles. The zero-order valence-electron chi connectivity index (χ0n) is 10.6. The molecular formula is C16H9F3O2. The van der Waals surface area contributed by atoms with Crippen molar-refractivity contribution in [3.8, 4) is 0 Å². The number of fused-ring (bicyclic) bond motifs is 3. The lowest BCUT2D eigenvalue weighted by molar-refractivity contribution is -0.136. The molecule has 21 heavy (non-hydrogen) atoms. The van der Waals surface area contributed by atoms with Crippen LogP contribution in [0.2, 0.25) is 0 Å². The molecule has 106 valence electrons. The van der Waals surface area contributed by atoms with Crippen molar-refractivity contribution < 1.29 is 23.1 Å². The van der Waals surface area contributed by atoms with Crippen molar-refractivity contribution in [2.24, 2.45) is 0 Å². The summed E-state index contributed by atoms with van der Waals surface area (Å²) in [4.78, 5) is 11.3. The van der Waals surface area contributed by atoms with E-state index in [1.54, 1.807) is 12.1 Å². The van der Waals surface area contributed by atoms with Crippen LogP contribution in [0.5, 0.6) is 0 Å². The van der Waals surface area contributed by atoms with Gasteiger partial charge in [-0.25, -0.2) is 4.79 Å². The highest BCUT2D eigenvalue weighted by molar-refractivity contribution is 6.16. The fourth-order valence-corrected chi connectivity index (χ4v) is 2.57. The molecule has 0 amide bonds. The predicted octanol–water partition coefficient (Wildman–Crippen LogP) is 4.71. The van der Waals surface area contributed by atoms with Crippen molar-refractivity contribution in [2.75, 3.05) is 0 Å². The summed E-state index contributed by atoms with van der Waals surface area (Å²) in [6, 6.07) is 11.3. The first-order chi connectivity index (χ1) is 9.89. The summed E-state index contributed by atoms with van der Waals surface area (Å²) in [6.07, 6.45) is -4.49. The smallest absolute Gasteiger partial charge is 0.417 e. The number of hydrogen-bond acceptors (Lipinski definition) is 1. The number of carboxylic acid groups (broad SMARTS) is 1. The van der Waals surface area contributed by atoms with Crippen molar-refractivity contribution in [2.45, 2.75) is 6.18 Å². The lowest BCUT2D eigenvalue weighted by atomic mass is 9.94. The van der Waals surface area contributed by atoms with E-state index in [2.05, 4.69) is 0 Å². The third kappa shape index (κ3) is 2.11. The summed E-state index contributed by atoms with van der Waals surface area (Å²) < 4.78 is 39.6. The van der Waals surface area contributed by atoms with E-state index in [-0.39, 0.29) is 16.3 Å². The fourth-order valence-electron chi connectivity index (χ4n) is 2.57. The predicted molar refractivity (Wildman–Crippen MR) is 73.4 cm³/mol. The Morgan fingerprint density at radius 1 is 0.952 bits per heavy atom. The highest BCUT2D eigenvalue weighted by Gasteiger charge is 2.33. The van der Waals surface area contributed by atoms with Crippen LogP contribution < -0.4 is 0 Å². The van der Waals surface area contributed by atoms with Gasteiger partial charge in [0.15, 0.2) is 0 Å². The highest BCUT2D eigenvalue weighted by Crippen LogP contribution is 2.39. The van der Waals surface area contributed by atoms with Crippen LogP contribution >= 0.6 is 0 Å². The molecule has 3 aromatic carbocycles. The summed E-state index contributed by atoms with van der Waals surface area (Å²) in [6.45, 7) is 0. The quantitative estimate of drug-likeness (QED) is 0.659. The van der Waals surface area contributed by atoms with Gasteiger partial charge in [-0.2, -0.15) is 13.2 Å². The molecule has 5 heteroatoms. The van der Waals surface area contributed by atoms with Crippen molar-refractivity contribution >= 4 is 27.5 Å². The highest BCUT2D eigenvalue weighted by atomic mass is 19.4. The first-order valence-corrected chi connectivity index (χ1v) is 6.14. The van der Waals surface area contributed by atoms with Crippen LogP contribution in [0.1, 0.15) is 15.9 Å². The van der Waals surface area contributed by atoms with Crippen LogP contribution in [0.4, 0.5) is 13.2 Å². The Bertz CT molecular complexity index is 866. The van der Waals surface area contributed by atoms with E-state index in [4.69, 9.17) is 0 Å².